The number of amides is 2. The van der Waals surface area contributed by atoms with E-state index in [9.17, 15) is 23.2 Å². The Morgan fingerprint density at radius 3 is 2.44 bits per heavy atom. The molecule has 0 aromatic heterocycles. The zero-order valence-corrected chi connectivity index (χ0v) is 9.49. The smallest absolute Gasteiger partial charge is 0.326 e. The number of halogens is 2. The minimum absolute atomic E-state index is 0.00173. The highest BCUT2D eigenvalue weighted by Gasteiger charge is 2.43. The van der Waals surface area contributed by atoms with E-state index in [0.29, 0.717) is 0 Å². The van der Waals surface area contributed by atoms with Crippen LogP contribution in [0, 0.1) is 5.92 Å². The molecule has 0 bridgehead atoms. The Bertz CT molecular complexity index is 373. The van der Waals surface area contributed by atoms with Gasteiger partial charge in [-0.3, -0.25) is 9.59 Å². The fourth-order valence-electron chi connectivity index (χ4n) is 1.86. The van der Waals surface area contributed by atoms with E-state index in [1.807, 2.05) is 0 Å². The van der Waals surface area contributed by atoms with Crippen molar-refractivity contribution in [2.75, 3.05) is 0 Å². The fourth-order valence-corrected chi connectivity index (χ4v) is 1.86. The highest BCUT2D eigenvalue weighted by Crippen LogP contribution is 2.38. The van der Waals surface area contributed by atoms with E-state index in [1.165, 1.54) is 0 Å². The number of carbonyl (C=O) groups excluding carboxylic acids is 2. The minimum Gasteiger partial charge on any atom is -0.480 e. The molecule has 2 amide bonds. The van der Waals surface area contributed by atoms with Crippen LogP contribution < -0.4 is 11.1 Å². The van der Waals surface area contributed by atoms with E-state index in [1.54, 1.807) is 0 Å². The van der Waals surface area contributed by atoms with Gasteiger partial charge < -0.3 is 16.2 Å². The van der Waals surface area contributed by atoms with Crippen LogP contribution in [0.4, 0.5) is 8.78 Å². The summed E-state index contributed by atoms with van der Waals surface area (Å²) >= 11 is 0. The number of carboxylic acid groups (broad SMARTS) is 1. The molecule has 0 aromatic carbocycles. The largest absolute Gasteiger partial charge is 0.480 e. The molecule has 2 atom stereocenters. The first-order valence-electron chi connectivity index (χ1n) is 5.40. The van der Waals surface area contributed by atoms with Crippen molar-refractivity contribution in [1.29, 1.82) is 0 Å². The van der Waals surface area contributed by atoms with Crippen molar-refractivity contribution in [3.05, 3.63) is 0 Å². The Kier molecular flexibility index (Phi) is 4.20. The monoisotopic (exact) mass is 264 g/mol. The Morgan fingerprint density at radius 1 is 1.44 bits per heavy atom. The minimum atomic E-state index is -2.88. The second-order valence-corrected chi connectivity index (χ2v) is 4.37. The molecule has 18 heavy (non-hydrogen) atoms. The third-order valence-electron chi connectivity index (χ3n) is 2.79. The Hall–Kier alpha value is -1.73. The molecule has 1 aliphatic carbocycles. The van der Waals surface area contributed by atoms with Crippen LogP contribution in [0.2, 0.25) is 0 Å². The molecular formula is C10H14F2N2O4. The molecule has 0 radical (unpaired) electrons. The molecule has 0 saturated heterocycles. The number of carbonyl (C=O) groups is 3. The summed E-state index contributed by atoms with van der Waals surface area (Å²) in [6.07, 6.45) is -1.55. The SMILES string of the molecule is NC(=O)C[C@@H](NC(=O)C1CCC(F)(F)C1)C(=O)O. The summed E-state index contributed by atoms with van der Waals surface area (Å²) < 4.78 is 25.8. The molecule has 0 aromatic rings. The van der Waals surface area contributed by atoms with Crippen molar-refractivity contribution < 1.29 is 28.3 Å². The lowest BCUT2D eigenvalue weighted by atomic mass is 10.1. The van der Waals surface area contributed by atoms with E-state index in [4.69, 9.17) is 10.8 Å². The summed E-state index contributed by atoms with van der Waals surface area (Å²) in [6, 6.07) is -1.47. The highest BCUT2D eigenvalue weighted by molar-refractivity contribution is 5.89. The summed E-state index contributed by atoms with van der Waals surface area (Å²) in [5.41, 5.74) is 4.83. The molecule has 1 rings (SSSR count). The zero-order valence-electron chi connectivity index (χ0n) is 9.49. The number of aliphatic carboxylic acids is 1. The number of rotatable bonds is 5. The predicted octanol–water partition coefficient (Wildman–Crippen LogP) is -0.133. The van der Waals surface area contributed by atoms with Gasteiger partial charge in [0.2, 0.25) is 17.7 Å². The van der Waals surface area contributed by atoms with E-state index in [-0.39, 0.29) is 6.42 Å². The second-order valence-electron chi connectivity index (χ2n) is 4.37. The lowest BCUT2D eigenvalue weighted by Gasteiger charge is -2.16. The van der Waals surface area contributed by atoms with Crippen molar-refractivity contribution >= 4 is 17.8 Å². The average molecular weight is 264 g/mol. The van der Waals surface area contributed by atoms with Crippen LogP contribution in [-0.2, 0) is 14.4 Å². The van der Waals surface area contributed by atoms with Gasteiger partial charge in [0.25, 0.3) is 0 Å². The van der Waals surface area contributed by atoms with Crippen molar-refractivity contribution in [3.63, 3.8) is 0 Å². The molecule has 0 aliphatic heterocycles. The number of hydrogen-bond acceptors (Lipinski definition) is 3. The quantitative estimate of drug-likeness (QED) is 0.642. The van der Waals surface area contributed by atoms with Gasteiger partial charge in [-0.1, -0.05) is 0 Å². The fraction of sp³-hybridized carbons (Fsp3) is 0.700. The van der Waals surface area contributed by atoms with Gasteiger partial charge in [0, 0.05) is 18.8 Å². The maximum atomic E-state index is 12.9. The lowest BCUT2D eigenvalue weighted by molar-refractivity contribution is -0.144. The maximum Gasteiger partial charge on any atom is 0.326 e. The van der Waals surface area contributed by atoms with Gasteiger partial charge in [-0.05, 0) is 6.42 Å². The van der Waals surface area contributed by atoms with Gasteiger partial charge in [0.15, 0.2) is 0 Å². The van der Waals surface area contributed by atoms with E-state index in [2.05, 4.69) is 5.32 Å². The first kappa shape index (κ1) is 14.3. The van der Waals surface area contributed by atoms with Crippen molar-refractivity contribution in [2.24, 2.45) is 11.7 Å². The average Bonchev–Trinajstić information content (AvgIpc) is 2.57. The highest BCUT2D eigenvalue weighted by atomic mass is 19.3. The third kappa shape index (κ3) is 3.94. The van der Waals surface area contributed by atoms with Gasteiger partial charge >= 0.3 is 5.97 Å². The van der Waals surface area contributed by atoms with Crippen LogP contribution in [0.3, 0.4) is 0 Å². The molecular weight excluding hydrogens is 250 g/mol. The van der Waals surface area contributed by atoms with E-state index >= 15 is 0 Å². The van der Waals surface area contributed by atoms with E-state index < -0.39 is 54.9 Å². The molecule has 1 aliphatic rings. The summed E-state index contributed by atoms with van der Waals surface area (Å²) in [4.78, 5) is 32.9. The summed E-state index contributed by atoms with van der Waals surface area (Å²) in [5.74, 6) is -6.90. The molecule has 0 spiro atoms. The van der Waals surface area contributed by atoms with Crippen LogP contribution in [0.5, 0.6) is 0 Å². The van der Waals surface area contributed by atoms with Gasteiger partial charge in [0.1, 0.15) is 6.04 Å². The van der Waals surface area contributed by atoms with Crippen LogP contribution in [0.25, 0.3) is 0 Å². The molecule has 1 fully saturated rings. The molecule has 0 heterocycles. The Labute approximate surface area is 102 Å². The van der Waals surface area contributed by atoms with Gasteiger partial charge in [0.05, 0.1) is 6.42 Å². The topological polar surface area (TPSA) is 109 Å². The van der Waals surface area contributed by atoms with Gasteiger partial charge in [-0.2, -0.15) is 0 Å². The molecule has 6 nitrogen and oxygen atoms in total. The number of carboxylic acids is 1. The van der Waals surface area contributed by atoms with Gasteiger partial charge in [-0.25, -0.2) is 13.6 Å². The Balaban J connectivity index is 2.57. The third-order valence-corrected chi connectivity index (χ3v) is 2.79. The number of nitrogens with two attached hydrogens (primary N) is 1. The van der Waals surface area contributed by atoms with Crippen LogP contribution in [0.15, 0.2) is 0 Å². The van der Waals surface area contributed by atoms with Crippen molar-refractivity contribution in [2.45, 2.75) is 37.6 Å². The molecule has 1 saturated carbocycles. The molecule has 102 valence electrons. The number of nitrogens with one attached hydrogen (secondary N) is 1. The predicted molar refractivity (Wildman–Crippen MR) is 55.7 cm³/mol. The number of primary amides is 1. The zero-order chi connectivity index (χ0) is 13.9. The van der Waals surface area contributed by atoms with E-state index in [0.717, 1.165) is 0 Å². The molecule has 1 unspecified atom stereocenters. The van der Waals surface area contributed by atoms with Crippen LogP contribution >= 0.6 is 0 Å². The second kappa shape index (κ2) is 5.28. The van der Waals surface area contributed by atoms with Crippen LogP contribution in [0.1, 0.15) is 25.7 Å². The number of hydrogen-bond donors (Lipinski definition) is 3. The summed E-state index contributed by atoms with van der Waals surface area (Å²) in [7, 11) is 0. The maximum absolute atomic E-state index is 12.9. The molecule has 8 heteroatoms. The lowest BCUT2D eigenvalue weighted by Crippen LogP contribution is -2.45. The first-order valence-corrected chi connectivity index (χ1v) is 5.40. The summed E-state index contributed by atoms with van der Waals surface area (Å²) in [6.45, 7) is 0. The standard InChI is InChI=1S/C10H14F2N2O4/c11-10(12)2-1-5(4-10)8(16)14-6(9(17)18)3-7(13)15/h5-6H,1-4H2,(H2,13,15)(H,14,16)(H,17,18)/t5?,6-/m1/s1. The number of alkyl halides is 2. The normalized spacial score (nSPS) is 23.3. The van der Waals surface area contributed by atoms with Crippen LogP contribution in [-0.4, -0.2) is 34.9 Å². The Morgan fingerprint density at radius 2 is 2.06 bits per heavy atom. The first-order chi connectivity index (χ1) is 8.21. The summed E-state index contributed by atoms with van der Waals surface area (Å²) in [5, 5.41) is 10.8. The molecule has 4 N–H and O–H groups in total. The van der Waals surface area contributed by atoms with Crippen molar-refractivity contribution in [1.82, 2.24) is 5.32 Å². The van der Waals surface area contributed by atoms with Crippen molar-refractivity contribution in [3.8, 4) is 0 Å². The van der Waals surface area contributed by atoms with Gasteiger partial charge in [-0.15, -0.1) is 0 Å².